The average Bonchev–Trinajstić information content (AvgIpc) is 3.51. The van der Waals surface area contributed by atoms with E-state index in [4.69, 9.17) is 23.2 Å². The minimum Gasteiger partial charge on any atom is -0.481 e. The van der Waals surface area contributed by atoms with Crippen LogP contribution in [0.2, 0.25) is 10.0 Å². The lowest BCUT2D eigenvalue weighted by atomic mass is 9.65. The Bertz CT molecular complexity index is 1100. The van der Waals surface area contributed by atoms with E-state index in [9.17, 15) is 14.7 Å². The van der Waals surface area contributed by atoms with Crippen molar-refractivity contribution in [3.05, 3.63) is 69.7 Å². The fourth-order valence-electron chi connectivity index (χ4n) is 6.27. The number of likely N-dealkylation sites (tertiary alicyclic amines) is 2. The van der Waals surface area contributed by atoms with E-state index in [0.29, 0.717) is 35.3 Å². The fraction of sp³-hybridized carbons (Fsp3) is 0.517. The number of carboxylic acid groups (broad SMARTS) is 1. The van der Waals surface area contributed by atoms with Gasteiger partial charge in [0.2, 0.25) is 5.91 Å². The van der Waals surface area contributed by atoms with Crippen LogP contribution < -0.4 is 0 Å². The highest BCUT2D eigenvalue weighted by molar-refractivity contribution is 6.30. The summed E-state index contributed by atoms with van der Waals surface area (Å²) in [6.07, 6.45) is 5.45. The molecule has 2 aromatic carbocycles. The summed E-state index contributed by atoms with van der Waals surface area (Å²) in [5, 5.41) is 11.3. The van der Waals surface area contributed by atoms with Crippen LogP contribution in [0.3, 0.4) is 0 Å². The lowest BCUT2D eigenvalue weighted by Crippen LogP contribution is -2.55. The molecule has 1 N–H and O–H groups in total. The van der Waals surface area contributed by atoms with E-state index >= 15 is 0 Å². The number of amides is 1. The first-order valence-corrected chi connectivity index (χ1v) is 13.9. The summed E-state index contributed by atoms with van der Waals surface area (Å²) in [5.41, 5.74) is 1.13. The lowest BCUT2D eigenvalue weighted by molar-refractivity contribution is -0.160. The molecule has 2 saturated heterocycles. The van der Waals surface area contributed by atoms with Crippen LogP contribution in [0, 0.1) is 11.3 Å². The van der Waals surface area contributed by atoms with Crippen molar-refractivity contribution in [2.45, 2.75) is 56.9 Å². The third-order valence-electron chi connectivity index (χ3n) is 8.28. The summed E-state index contributed by atoms with van der Waals surface area (Å²) in [6, 6.07) is 15.4. The second-order valence-corrected chi connectivity index (χ2v) is 11.8. The number of nitrogens with zero attached hydrogens (tertiary/aromatic N) is 2. The molecular weight excluding hydrogens is 495 g/mol. The van der Waals surface area contributed by atoms with Crippen LogP contribution in [0.4, 0.5) is 0 Å². The molecular formula is C29H34Cl2N2O3. The first-order chi connectivity index (χ1) is 17.3. The topological polar surface area (TPSA) is 60.9 Å². The van der Waals surface area contributed by atoms with E-state index in [0.717, 1.165) is 56.4 Å². The van der Waals surface area contributed by atoms with Gasteiger partial charge in [-0.25, -0.2) is 0 Å². The van der Waals surface area contributed by atoms with E-state index in [2.05, 4.69) is 11.0 Å². The molecule has 1 saturated carbocycles. The van der Waals surface area contributed by atoms with E-state index in [1.54, 1.807) is 0 Å². The van der Waals surface area contributed by atoms with Gasteiger partial charge in [-0.1, -0.05) is 47.5 Å². The molecule has 0 bridgehead atoms. The first-order valence-electron chi connectivity index (χ1n) is 13.1. The molecule has 0 radical (unpaired) electrons. The van der Waals surface area contributed by atoms with Crippen LogP contribution in [0.15, 0.2) is 48.5 Å². The summed E-state index contributed by atoms with van der Waals surface area (Å²) >= 11 is 12.7. The monoisotopic (exact) mass is 528 g/mol. The predicted octanol–water partition coefficient (Wildman–Crippen LogP) is 6.41. The molecule has 7 heteroatoms. The van der Waals surface area contributed by atoms with Crippen LogP contribution in [0.5, 0.6) is 0 Å². The summed E-state index contributed by atoms with van der Waals surface area (Å²) in [5.74, 6) is -0.512. The van der Waals surface area contributed by atoms with Crippen molar-refractivity contribution >= 4 is 35.1 Å². The van der Waals surface area contributed by atoms with Crippen molar-refractivity contribution in [1.82, 2.24) is 9.80 Å². The number of hydrogen-bond donors (Lipinski definition) is 1. The number of hydrogen-bond acceptors (Lipinski definition) is 3. The summed E-state index contributed by atoms with van der Waals surface area (Å²) in [7, 11) is 0. The van der Waals surface area contributed by atoms with Gasteiger partial charge in [-0.2, -0.15) is 0 Å². The molecule has 3 atom stereocenters. The quantitative estimate of drug-likeness (QED) is 0.408. The Morgan fingerprint density at radius 3 is 2.36 bits per heavy atom. The summed E-state index contributed by atoms with van der Waals surface area (Å²) < 4.78 is 0. The van der Waals surface area contributed by atoms with Crippen LogP contribution in [0.1, 0.15) is 68.0 Å². The van der Waals surface area contributed by atoms with Gasteiger partial charge in [0, 0.05) is 22.5 Å². The molecule has 2 heterocycles. The number of halogens is 2. The van der Waals surface area contributed by atoms with Gasteiger partial charge in [0.25, 0.3) is 0 Å². The van der Waals surface area contributed by atoms with Gasteiger partial charge in [0.15, 0.2) is 0 Å². The molecule has 36 heavy (non-hydrogen) atoms. The van der Waals surface area contributed by atoms with Crippen molar-refractivity contribution in [1.29, 1.82) is 0 Å². The number of piperidine rings is 1. The second kappa shape index (κ2) is 10.7. The molecule has 0 aromatic heterocycles. The minimum atomic E-state index is -0.945. The Kier molecular flexibility index (Phi) is 7.62. The molecule has 5 nitrogen and oxygen atoms in total. The molecule has 1 amide bonds. The molecule has 5 rings (SSSR count). The molecule has 3 aliphatic rings. The van der Waals surface area contributed by atoms with Crippen molar-refractivity contribution in [3.63, 3.8) is 0 Å². The SMILES string of the molecule is O=C(O)CC1(CCN2CCCC2)CC(c2cccc(Cl)c2)C(c2ccc(Cl)cc2)N(CC2CC2)C1=O. The lowest BCUT2D eigenvalue weighted by Gasteiger charge is -2.51. The van der Waals surface area contributed by atoms with Gasteiger partial charge in [-0.05, 0) is 99.5 Å². The maximum absolute atomic E-state index is 14.4. The molecule has 2 aliphatic heterocycles. The van der Waals surface area contributed by atoms with Gasteiger partial charge in [0.05, 0.1) is 17.9 Å². The van der Waals surface area contributed by atoms with Crippen LogP contribution in [-0.4, -0.2) is 53.0 Å². The number of carbonyl (C=O) groups excluding carboxylic acids is 1. The van der Waals surface area contributed by atoms with Crippen molar-refractivity contribution < 1.29 is 14.7 Å². The first kappa shape index (κ1) is 25.6. The van der Waals surface area contributed by atoms with Crippen LogP contribution >= 0.6 is 23.2 Å². The van der Waals surface area contributed by atoms with E-state index in [1.807, 2.05) is 47.4 Å². The minimum absolute atomic E-state index is 0.00535. The molecule has 0 spiro atoms. The molecule has 2 aromatic rings. The van der Waals surface area contributed by atoms with Crippen molar-refractivity contribution in [2.24, 2.45) is 11.3 Å². The Morgan fingerprint density at radius 2 is 1.72 bits per heavy atom. The maximum Gasteiger partial charge on any atom is 0.304 e. The van der Waals surface area contributed by atoms with E-state index < -0.39 is 11.4 Å². The third kappa shape index (κ3) is 5.58. The largest absolute Gasteiger partial charge is 0.481 e. The summed E-state index contributed by atoms with van der Waals surface area (Å²) in [6.45, 7) is 3.46. The van der Waals surface area contributed by atoms with Gasteiger partial charge in [-0.3, -0.25) is 9.59 Å². The average molecular weight is 530 g/mol. The van der Waals surface area contributed by atoms with Gasteiger partial charge < -0.3 is 14.9 Å². The highest BCUT2D eigenvalue weighted by Crippen LogP contribution is 2.53. The van der Waals surface area contributed by atoms with Gasteiger partial charge in [-0.15, -0.1) is 0 Å². The van der Waals surface area contributed by atoms with Crippen molar-refractivity contribution in [3.8, 4) is 0 Å². The fourth-order valence-corrected chi connectivity index (χ4v) is 6.59. The Balaban J connectivity index is 1.59. The maximum atomic E-state index is 14.4. The van der Waals surface area contributed by atoms with E-state index in [-0.39, 0.29) is 24.3 Å². The Labute approximate surface area is 223 Å². The molecule has 3 fully saturated rings. The van der Waals surface area contributed by atoms with Crippen LogP contribution in [-0.2, 0) is 9.59 Å². The number of rotatable bonds is 9. The van der Waals surface area contributed by atoms with Gasteiger partial charge >= 0.3 is 5.97 Å². The predicted molar refractivity (Wildman–Crippen MR) is 142 cm³/mol. The number of carbonyl (C=O) groups is 2. The second-order valence-electron chi connectivity index (χ2n) is 10.9. The highest BCUT2D eigenvalue weighted by atomic mass is 35.5. The van der Waals surface area contributed by atoms with Crippen molar-refractivity contribution in [2.75, 3.05) is 26.2 Å². The third-order valence-corrected chi connectivity index (χ3v) is 8.76. The number of aliphatic carboxylic acids is 1. The standard InChI is InChI=1S/C29H34Cl2N2O3/c30-23-10-8-21(9-11-23)27-25(22-4-3-5-24(31)16-22)17-29(18-26(34)35,12-15-32-13-1-2-14-32)28(36)33(27)19-20-6-7-20/h3-5,8-11,16,20,25,27H,1-2,6-7,12-15,17-19H2,(H,34,35). The van der Waals surface area contributed by atoms with Gasteiger partial charge in [0.1, 0.15) is 0 Å². The molecule has 3 unspecified atom stereocenters. The molecule has 1 aliphatic carbocycles. The smallest absolute Gasteiger partial charge is 0.304 e. The zero-order valence-electron chi connectivity index (χ0n) is 20.5. The number of benzene rings is 2. The van der Waals surface area contributed by atoms with E-state index in [1.165, 1.54) is 0 Å². The summed E-state index contributed by atoms with van der Waals surface area (Å²) in [4.78, 5) is 31.1. The highest BCUT2D eigenvalue weighted by Gasteiger charge is 2.53. The Morgan fingerprint density at radius 1 is 1.00 bits per heavy atom. The number of carboxylic acids is 1. The normalized spacial score (nSPS) is 26.9. The zero-order chi connectivity index (χ0) is 25.3. The zero-order valence-corrected chi connectivity index (χ0v) is 22.1. The molecule has 192 valence electrons. The Hall–Kier alpha value is -2.08. The van der Waals surface area contributed by atoms with Crippen LogP contribution in [0.25, 0.3) is 0 Å².